The van der Waals surface area contributed by atoms with Crippen LogP contribution in [-0.4, -0.2) is 35.8 Å². The van der Waals surface area contributed by atoms with E-state index in [9.17, 15) is 5.11 Å². The van der Waals surface area contributed by atoms with Gasteiger partial charge in [0.15, 0.2) is 0 Å². The number of aliphatic hydroxyl groups excluding tert-OH is 1. The summed E-state index contributed by atoms with van der Waals surface area (Å²) in [5.41, 5.74) is 1.28. The van der Waals surface area contributed by atoms with Crippen molar-refractivity contribution in [3.05, 3.63) is 29.8 Å². The fourth-order valence-electron chi connectivity index (χ4n) is 3.03. The monoisotopic (exact) mass is 277 g/mol. The molecule has 2 rings (SSSR count). The van der Waals surface area contributed by atoms with E-state index in [1.807, 2.05) is 26.0 Å². The topological polar surface area (TPSA) is 32.7 Å². The predicted molar refractivity (Wildman–Crippen MR) is 82.0 cm³/mol. The van der Waals surface area contributed by atoms with Gasteiger partial charge in [-0.3, -0.25) is 4.90 Å². The minimum Gasteiger partial charge on any atom is -0.491 e. The van der Waals surface area contributed by atoms with Crippen LogP contribution in [0.3, 0.4) is 0 Å². The highest BCUT2D eigenvalue weighted by Crippen LogP contribution is 2.32. The number of aliphatic hydroxyl groups is 1. The molecule has 3 nitrogen and oxygen atoms in total. The molecule has 1 aliphatic rings. The van der Waals surface area contributed by atoms with Crippen molar-refractivity contribution in [3.8, 4) is 5.75 Å². The highest BCUT2D eigenvalue weighted by Gasteiger charge is 2.27. The van der Waals surface area contributed by atoms with E-state index in [0.29, 0.717) is 6.04 Å². The molecule has 1 N–H and O–H groups in total. The summed E-state index contributed by atoms with van der Waals surface area (Å²) in [6, 6.07) is 8.70. The zero-order chi connectivity index (χ0) is 14.5. The smallest absolute Gasteiger partial charge is 0.119 e. The van der Waals surface area contributed by atoms with Crippen molar-refractivity contribution >= 4 is 0 Å². The Morgan fingerprint density at radius 1 is 1.10 bits per heavy atom. The van der Waals surface area contributed by atoms with Crippen molar-refractivity contribution in [2.45, 2.75) is 45.8 Å². The normalized spacial score (nSPS) is 19.2. The molecule has 1 aliphatic heterocycles. The molecule has 0 amide bonds. The molecular formula is C17H27NO2. The number of benzene rings is 1. The van der Waals surface area contributed by atoms with Crippen LogP contribution in [0.25, 0.3) is 0 Å². The second-order valence-electron chi connectivity index (χ2n) is 6.08. The largest absolute Gasteiger partial charge is 0.491 e. The maximum Gasteiger partial charge on any atom is 0.119 e. The lowest BCUT2D eigenvalue weighted by atomic mass is 9.93. The average Bonchev–Trinajstić information content (AvgIpc) is 2.94. The summed E-state index contributed by atoms with van der Waals surface area (Å²) in [4.78, 5) is 2.50. The van der Waals surface area contributed by atoms with Crippen LogP contribution in [0.5, 0.6) is 5.75 Å². The van der Waals surface area contributed by atoms with Gasteiger partial charge in [0.1, 0.15) is 5.75 Å². The van der Waals surface area contributed by atoms with Crippen molar-refractivity contribution in [1.29, 1.82) is 0 Å². The van der Waals surface area contributed by atoms with Gasteiger partial charge in [-0.15, -0.1) is 0 Å². The van der Waals surface area contributed by atoms with E-state index < -0.39 is 0 Å². The molecule has 1 saturated heterocycles. The summed E-state index contributed by atoms with van der Waals surface area (Å²) in [7, 11) is 0. The van der Waals surface area contributed by atoms with Crippen LogP contribution in [0.4, 0.5) is 0 Å². The Labute approximate surface area is 122 Å². The summed E-state index contributed by atoms with van der Waals surface area (Å²) in [5, 5.41) is 9.55. The third-order valence-electron chi connectivity index (χ3n) is 3.95. The Hall–Kier alpha value is -1.06. The Kier molecular flexibility index (Phi) is 5.44. The lowest BCUT2D eigenvalue weighted by molar-refractivity contribution is 0.126. The first-order valence-electron chi connectivity index (χ1n) is 7.73. The molecule has 0 spiro atoms. The Morgan fingerprint density at radius 2 is 1.70 bits per heavy atom. The van der Waals surface area contributed by atoms with E-state index in [4.69, 9.17) is 4.74 Å². The Balaban J connectivity index is 2.15. The van der Waals surface area contributed by atoms with Gasteiger partial charge in [0.2, 0.25) is 0 Å². The first-order valence-corrected chi connectivity index (χ1v) is 7.73. The summed E-state index contributed by atoms with van der Waals surface area (Å²) in [6.45, 7) is 8.70. The molecule has 1 aromatic carbocycles. The minimum absolute atomic E-state index is 0.201. The lowest BCUT2D eigenvalue weighted by Crippen LogP contribution is -2.31. The predicted octanol–water partition coefficient (Wildman–Crippen LogP) is 3.24. The highest BCUT2D eigenvalue weighted by molar-refractivity contribution is 5.30. The van der Waals surface area contributed by atoms with Crippen molar-refractivity contribution < 1.29 is 9.84 Å². The summed E-state index contributed by atoms with van der Waals surface area (Å²) in [6.07, 6.45) is 2.73. The lowest BCUT2D eigenvalue weighted by Gasteiger charge is -2.32. The van der Waals surface area contributed by atoms with E-state index in [1.165, 1.54) is 18.4 Å². The molecule has 0 aliphatic carbocycles. The molecular weight excluding hydrogens is 250 g/mol. The minimum atomic E-state index is 0.201. The number of ether oxygens (including phenoxy) is 1. The van der Waals surface area contributed by atoms with Crippen LogP contribution in [0, 0.1) is 5.92 Å². The molecule has 2 unspecified atom stereocenters. The number of likely N-dealkylation sites (tertiary alicyclic amines) is 1. The van der Waals surface area contributed by atoms with E-state index in [0.717, 1.165) is 18.8 Å². The second kappa shape index (κ2) is 7.09. The Morgan fingerprint density at radius 3 is 2.20 bits per heavy atom. The van der Waals surface area contributed by atoms with Gasteiger partial charge in [0.05, 0.1) is 6.10 Å². The molecule has 0 bridgehead atoms. The zero-order valence-electron chi connectivity index (χ0n) is 12.9. The molecule has 112 valence electrons. The SMILES string of the molecule is CC(C)Oc1ccc(C(C(C)CO)N2CCCC2)cc1. The number of hydrogen-bond acceptors (Lipinski definition) is 3. The zero-order valence-corrected chi connectivity index (χ0v) is 12.9. The average molecular weight is 277 g/mol. The fraction of sp³-hybridized carbons (Fsp3) is 0.647. The summed E-state index contributed by atoms with van der Waals surface area (Å²) < 4.78 is 5.70. The first kappa shape index (κ1) is 15.3. The second-order valence-corrected chi connectivity index (χ2v) is 6.08. The highest BCUT2D eigenvalue weighted by atomic mass is 16.5. The van der Waals surface area contributed by atoms with Gasteiger partial charge >= 0.3 is 0 Å². The maximum absolute atomic E-state index is 9.55. The number of hydrogen-bond donors (Lipinski definition) is 1. The summed E-state index contributed by atoms with van der Waals surface area (Å²) in [5.74, 6) is 1.17. The van der Waals surface area contributed by atoms with Crippen LogP contribution < -0.4 is 4.74 Å². The van der Waals surface area contributed by atoms with Crippen LogP contribution in [-0.2, 0) is 0 Å². The summed E-state index contributed by atoms with van der Waals surface area (Å²) >= 11 is 0. The van der Waals surface area contributed by atoms with Gasteiger partial charge < -0.3 is 9.84 Å². The number of nitrogens with zero attached hydrogens (tertiary/aromatic N) is 1. The van der Waals surface area contributed by atoms with Gasteiger partial charge in [0.25, 0.3) is 0 Å². The molecule has 1 fully saturated rings. The van der Waals surface area contributed by atoms with E-state index in [1.54, 1.807) is 0 Å². The van der Waals surface area contributed by atoms with E-state index in [2.05, 4.69) is 24.0 Å². The van der Waals surface area contributed by atoms with Crippen molar-refractivity contribution in [2.24, 2.45) is 5.92 Å². The van der Waals surface area contributed by atoms with Crippen molar-refractivity contribution in [1.82, 2.24) is 4.90 Å². The van der Waals surface area contributed by atoms with Gasteiger partial charge in [-0.2, -0.15) is 0 Å². The Bertz CT molecular complexity index is 396. The molecule has 2 atom stereocenters. The van der Waals surface area contributed by atoms with Crippen LogP contribution in [0.1, 0.15) is 45.2 Å². The third kappa shape index (κ3) is 3.74. The van der Waals surface area contributed by atoms with E-state index in [-0.39, 0.29) is 18.6 Å². The maximum atomic E-state index is 9.55. The van der Waals surface area contributed by atoms with Gasteiger partial charge in [-0.1, -0.05) is 19.1 Å². The van der Waals surface area contributed by atoms with E-state index >= 15 is 0 Å². The fourth-order valence-corrected chi connectivity index (χ4v) is 3.03. The molecule has 0 aromatic heterocycles. The molecule has 20 heavy (non-hydrogen) atoms. The van der Waals surface area contributed by atoms with Crippen LogP contribution >= 0.6 is 0 Å². The molecule has 0 saturated carbocycles. The number of rotatable bonds is 6. The van der Waals surface area contributed by atoms with Gasteiger partial charge in [-0.05, 0) is 63.4 Å². The molecule has 1 heterocycles. The van der Waals surface area contributed by atoms with Crippen molar-refractivity contribution in [2.75, 3.05) is 19.7 Å². The molecule has 0 radical (unpaired) electrons. The van der Waals surface area contributed by atoms with Crippen LogP contribution in [0.2, 0.25) is 0 Å². The van der Waals surface area contributed by atoms with Crippen LogP contribution in [0.15, 0.2) is 24.3 Å². The third-order valence-corrected chi connectivity index (χ3v) is 3.95. The van der Waals surface area contributed by atoms with Crippen molar-refractivity contribution in [3.63, 3.8) is 0 Å². The van der Waals surface area contributed by atoms with Gasteiger partial charge in [-0.25, -0.2) is 0 Å². The molecule has 3 heteroatoms. The standard InChI is InChI=1S/C17H27NO2/c1-13(2)20-16-8-6-15(7-9-16)17(14(3)12-19)18-10-4-5-11-18/h6-9,13-14,17,19H,4-5,10-12H2,1-3H3. The van der Waals surface area contributed by atoms with Gasteiger partial charge in [0, 0.05) is 12.6 Å². The molecule has 1 aromatic rings. The first-order chi connectivity index (χ1) is 9.61. The quantitative estimate of drug-likeness (QED) is 0.866.